The van der Waals surface area contributed by atoms with E-state index in [1.165, 1.54) is 6.08 Å². The van der Waals surface area contributed by atoms with E-state index in [9.17, 15) is 4.79 Å². The molecule has 0 N–H and O–H groups in total. The topological polar surface area (TPSA) is 39.4 Å². The van der Waals surface area contributed by atoms with Crippen LogP contribution in [0.2, 0.25) is 0 Å². The number of rotatable bonds is 4. The number of hydrogen-bond acceptors (Lipinski definition) is 3. The molecule has 0 radical (unpaired) electrons. The molecular weight excluding hydrogens is 228 g/mol. The average molecular weight is 242 g/mol. The minimum absolute atomic E-state index is 0.366. The van der Waals surface area contributed by atoms with Gasteiger partial charge in [-0.3, -0.25) is 0 Å². The Morgan fingerprint density at radius 3 is 2.72 bits per heavy atom. The zero-order valence-electron chi connectivity index (χ0n) is 10.1. The Hall–Kier alpha value is -2.29. The molecule has 0 unspecified atom stereocenters. The van der Waals surface area contributed by atoms with E-state index in [0.717, 1.165) is 11.3 Å². The summed E-state index contributed by atoms with van der Waals surface area (Å²) < 4.78 is 10.4. The number of carbonyl (C=O) groups excluding carboxylic acids is 1. The van der Waals surface area contributed by atoms with Crippen molar-refractivity contribution in [3.63, 3.8) is 0 Å². The fraction of sp³-hybridized carbons (Fsp3) is 0.133. The summed E-state index contributed by atoms with van der Waals surface area (Å²) in [5, 5.41) is 0. The summed E-state index contributed by atoms with van der Waals surface area (Å²) >= 11 is 0. The Balaban J connectivity index is 2.09. The van der Waals surface area contributed by atoms with Gasteiger partial charge in [0, 0.05) is 11.6 Å². The molecule has 1 aromatic carbocycles. The van der Waals surface area contributed by atoms with E-state index in [1.54, 1.807) is 13.0 Å². The maximum Gasteiger partial charge on any atom is 0.330 e. The fourth-order valence-corrected chi connectivity index (χ4v) is 1.54. The lowest BCUT2D eigenvalue weighted by molar-refractivity contribution is -0.137. The van der Waals surface area contributed by atoms with Gasteiger partial charge in [0.1, 0.15) is 11.5 Å². The number of hydrogen-bond donors (Lipinski definition) is 0. The monoisotopic (exact) mass is 242 g/mol. The highest BCUT2D eigenvalue weighted by Gasteiger charge is 2.02. The van der Waals surface area contributed by atoms with Crippen molar-refractivity contribution in [2.75, 3.05) is 6.61 Å². The number of esters is 1. The van der Waals surface area contributed by atoms with Crippen molar-refractivity contribution in [3.8, 4) is 11.3 Å². The van der Waals surface area contributed by atoms with Crippen molar-refractivity contribution in [2.45, 2.75) is 6.92 Å². The van der Waals surface area contributed by atoms with E-state index in [0.29, 0.717) is 12.4 Å². The van der Waals surface area contributed by atoms with Crippen LogP contribution in [0, 0.1) is 0 Å². The van der Waals surface area contributed by atoms with Gasteiger partial charge in [0.2, 0.25) is 0 Å². The van der Waals surface area contributed by atoms with Gasteiger partial charge in [-0.05, 0) is 25.1 Å². The lowest BCUT2D eigenvalue weighted by atomic mass is 10.2. The highest BCUT2D eigenvalue weighted by molar-refractivity contribution is 5.86. The zero-order valence-corrected chi connectivity index (χ0v) is 10.1. The molecule has 3 nitrogen and oxygen atoms in total. The quantitative estimate of drug-likeness (QED) is 0.608. The minimum Gasteiger partial charge on any atom is -0.463 e. The second-order valence-electron chi connectivity index (χ2n) is 3.65. The molecule has 2 aromatic rings. The van der Waals surface area contributed by atoms with Crippen molar-refractivity contribution >= 4 is 12.0 Å². The molecule has 18 heavy (non-hydrogen) atoms. The van der Waals surface area contributed by atoms with Gasteiger partial charge in [-0.1, -0.05) is 30.3 Å². The van der Waals surface area contributed by atoms with Crippen molar-refractivity contribution in [2.24, 2.45) is 0 Å². The molecule has 3 heteroatoms. The van der Waals surface area contributed by atoms with Crippen LogP contribution in [0.3, 0.4) is 0 Å². The molecule has 0 spiro atoms. The SMILES string of the molecule is CCOC(=O)C=Cc1ccc(-c2ccccc2)o1. The van der Waals surface area contributed by atoms with Gasteiger partial charge in [0.15, 0.2) is 0 Å². The van der Waals surface area contributed by atoms with Crippen LogP contribution in [0.4, 0.5) is 0 Å². The van der Waals surface area contributed by atoms with Gasteiger partial charge in [-0.25, -0.2) is 4.79 Å². The standard InChI is InChI=1S/C15H14O3/c1-2-17-15(16)11-9-13-8-10-14(18-13)12-6-4-3-5-7-12/h3-11H,2H2,1H3. The average Bonchev–Trinajstić information content (AvgIpc) is 2.87. The largest absolute Gasteiger partial charge is 0.463 e. The number of ether oxygens (including phenoxy) is 1. The second kappa shape index (κ2) is 5.87. The summed E-state index contributed by atoms with van der Waals surface area (Å²) in [6.45, 7) is 2.14. The first kappa shape index (κ1) is 12.2. The summed E-state index contributed by atoms with van der Waals surface area (Å²) in [4.78, 5) is 11.1. The first-order chi connectivity index (χ1) is 8.79. The second-order valence-corrected chi connectivity index (χ2v) is 3.65. The first-order valence-electron chi connectivity index (χ1n) is 5.79. The highest BCUT2D eigenvalue weighted by Crippen LogP contribution is 2.22. The van der Waals surface area contributed by atoms with Crippen molar-refractivity contribution in [1.82, 2.24) is 0 Å². The normalized spacial score (nSPS) is 10.7. The van der Waals surface area contributed by atoms with Gasteiger partial charge < -0.3 is 9.15 Å². The molecule has 92 valence electrons. The maximum absolute atomic E-state index is 11.1. The van der Waals surface area contributed by atoms with Crippen LogP contribution < -0.4 is 0 Å². The summed E-state index contributed by atoms with van der Waals surface area (Å²) in [6.07, 6.45) is 2.96. The van der Waals surface area contributed by atoms with E-state index in [4.69, 9.17) is 9.15 Å². The molecule has 0 aliphatic rings. The lowest BCUT2D eigenvalue weighted by Crippen LogP contribution is -1.98. The molecule has 0 saturated heterocycles. The summed E-state index contributed by atoms with van der Waals surface area (Å²) in [6, 6.07) is 13.5. The zero-order chi connectivity index (χ0) is 12.8. The molecule has 0 aliphatic carbocycles. The van der Waals surface area contributed by atoms with Gasteiger partial charge >= 0.3 is 5.97 Å². The van der Waals surface area contributed by atoms with Crippen LogP contribution in [-0.2, 0) is 9.53 Å². The van der Waals surface area contributed by atoms with Crippen LogP contribution >= 0.6 is 0 Å². The van der Waals surface area contributed by atoms with E-state index in [-0.39, 0.29) is 5.97 Å². The van der Waals surface area contributed by atoms with Crippen molar-refractivity contribution < 1.29 is 13.9 Å². The molecule has 1 aromatic heterocycles. The molecule has 1 heterocycles. The number of benzene rings is 1. The molecule has 2 rings (SSSR count). The molecule has 0 bridgehead atoms. The third kappa shape index (κ3) is 3.10. The van der Waals surface area contributed by atoms with Crippen LogP contribution in [0.25, 0.3) is 17.4 Å². The molecule has 0 fully saturated rings. The highest BCUT2D eigenvalue weighted by atomic mass is 16.5. The smallest absolute Gasteiger partial charge is 0.330 e. The van der Waals surface area contributed by atoms with E-state index in [1.807, 2.05) is 42.5 Å². The summed E-state index contributed by atoms with van der Waals surface area (Å²) in [5.41, 5.74) is 1.01. The molecule has 0 aliphatic heterocycles. The fourth-order valence-electron chi connectivity index (χ4n) is 1.54. The Morgan fingerprint density at radius 1 is 1.22 bits per heavy atom. The Labute approximate surface area is 106 Å². The van der Waals surface area contributed by atoms with Gasteiger partial charge in [0.25, 0.3) is 0 Å². The summed E-state index contributed by atoms with van der Waals surface area (Å²) in [7, 11) is 0. The Morgan fingerprint density at radius 2 is 2.00 bits per heavy atom. The van der Waals surface area contributed by atoms with Gasteiger partial charge in [0.05, 0.1) is 6.61 Å². The molecule has 0 amide bonds. The molecular formula is C15H14O3. The Kier molecular flexibility index (Phi) is 3.97. The number of carbonyl (C=O) groups is 1. The van der Waals surface area contributed by atoms with Crippen molar-refractivity contribution in [1.29, 1.82) is 0 Å². The predicted molar refractivity (Wildman–Crippen MR) is 69.8 cm³/mol. The summed E-state index contributed by atoms with van der Waals surface area (Å²) in [5.74, 6) is 1.04. The molecule has 0 saturated carbocycles. The van der Waals surface area contributed by atoms with E-state index >= 15 is 0 Å². The van der Waals surface area contributed by atoms with Crippen LogP contribution in [-0.4, -0.2) is 12.6 Å². The molecule has 0 atom stereocenters. The minimum atomic E-state index is -0.366. The van der Waals surface area contributed by atoms with E-state index in [2.05, 4.69) is 0 Å². The van der Waals surface area contributed by atoms with Gasteiger partial charge in [-0.2, -0.15) is 0 Å². The lowest BCUT2D eigenvalue weighted by Gasteiger charge is -1.95. The van der Waals surface area contributed by atoms with Crippen molar-refractivity contribution in [3.05, 3.63) is 54.3 Å². The maximum atomic E-state index is 11.1. The number of furan rings is 1. The third-order valence-electron chi connectivity index (χ3n) is 2.36. The van der Waals surface area contributed by atoms with Gasteiger partial charge in [-0.15, -0.1) is 0 Å². The third-order valence-corrected chi connectivity index (χ3v) is 2.36. The van der Waals surface area contributed by atoms with Crippen LogP contribution in [0.5, 0.6) is 0 Å². The first-order valence-corrected chi connectivity index (χ1v) is 5.79. The predicted octanol–water partition coefficient (Wildman–Crippen LogP) is 3.52. The Bertz CT molecular complexity index is 538. The van der Waals surface area contributed by atoms with E-state index < -0.39 is 0 Å². The van der Waals surface area contributed by atoms with Crippen LogP contribution in [0.15, 0.2) is 53.0 Å². The van der Waals surface area contributed by atoms with Crippen LogP contribution in [0.1, 0.15) is 12.7 Å².